The van der Waals surface area contributed by atoms with E-state index in [2.05, 4.69) is 0 Å². The summed E-state index contributed by atoms with van der Waals surface area (Å²) in [4.78, 5) is 0. The van der Waals surface area contributed by atoms with Gasteiger partial charge in [0.1, 0.15) is 20.1 Å². The van der Waals surface area contributed by atoms with E-state index in [9.17, 15) is 5.11 Å². The smallest absolute Gasteiger partial charge is 0.332 e. The summed E-state index contributed by atoms with van der Waals surface area (Å²) in [5, 5.41) is 9.62. The number of fused-ring (bicyclic) bond motifs is 1. The van der Waals surface area contributed by atoms with Crippen LogP contribution in [0.15, 0.2) is 0 Å². The normalized spacial score (nSPS) is 48.8. The van der Waals surface area contributed by atoms with Gasteiger partial charge in [0.25, 0.3) is 0 Å². The highest BCUT2D eigenvalue weighted by molar-refractivity contribution is 6.64. The number of rotatable bonds is 0. The van der Waals surface area contributed by atoms with Gasteiger partial charge in [-0.2, -0.15) is 0 Å². The van der Waals surface area contributed by atoms with Crippen LogP contribution >= 0.6 is 0 Å². The first-order chi connectivity index (χ1) is 5.99. The van der Waals surface area contributed by atoms with Gasteiger partial charge in [-0.3, -0.25) is 0 Å². The molecule has 2 aliphatic rings. The molecule has 2 fully saturated rings. The standard InChI is InChI=1S/C7H13BO4Si/c1-13(2)10-3-4-6(12-13)5(9)7(8)11-4/h4-7,9H,3H2,1-2H3. The molecular formula is C7H13BO4Si. The second-order valence-corrected chi connectivity index (χ2v) is 7.25. The molecule has 2 rings (SSSR count). The molecule has 4 nitrogen and oxygen atoms in total. The highest BCUT2D eigenvalue weighted by Crippen LogP contribution is 2.30. The number of hydrogen-bond acceptors (Lipinski definition) is 4. The fourth-order valence-corrected chi connectivity index (χ4v) is 3.27. The topological polar surface area (TPSA) is 47.9 Å². The monoisotopic (exact) mass is 200 g/mol. The second kappa shape index (κ2) is 3.06. The van der Waals surface area contributed by atoms with Gasteiger partial charge >= 0.3 is 8.56 Å². The molecule has 0 spiro atoms. The zero-order valence-corrected chi connectivity index (χ0v) is 8.77. The summed E-state index contributed by atoms with van der Waals surface area (Å²) in [5.41, 5.74) is 0. The lowest BCUT2D eigenvalue weighted by Crippen LogP contribution is -2.53. The van der Waals surface area contributed by atoms with E-state index in [0.29, 0.717) is 6.61 Å². The fourth-order valence-electron chi connectivity index (χ4n) is 1.69. The van der Waals surface area contributed by atoms with Gasteiger partial charge in [-0.05, 0) is 13.1 Å². The first-order valence-corrected chi connectivity index (χ1v) is 7.22. The van der Waals surface area contributed by atoms with Crippen molar-refractivity contribution >= 4 is 16.4 Å². The largest absolute Gasteiger partial charge is 0.392 e. The average molecular weight is 200 g/mol. The van der Waals surface area contributed by atoms with E-state index in [4.69, 9.17) is 21.4 Å². The Labute approximate surface area is 79.8 Å². The maximum absolute atomic E-state index is 9.62. The van der Waals surface area contributed by atoms with Crippen LogP contribution in [0, 0.1) is 0 Å². The van der Waals surface area contributed by atoms with E-state index < -0.39 is 20.7 Å². The van der Waals surface area contributed by atoms with Crippen LogP contribution in [0.25, 0.3) is 0 Å². The zero-order valence-electron chi connectivity index (χ0n) is 7.77. The molecule has 72 valence electrons. The molecule has 0 bridgehead atoms. The molecule has 2 radical (unpaired) electrons. The average Bonchev–Trinajstić information content (AvgIpc) is 2.29. The van der Waals surface area contributed by atoms with Gasteiger partial charge in [-0.15, -0.1) is 0 Å². The van der Waals surface area contributed by atoms with Gasteiger partial charge in [-0.25, -0.2) is 0 Å². The van der Waals surface area contributed by atoms with Crippen LogP contribution in [0.4, 0.5) is 0 Å². The van der Waals surface area contributed by atoms with Crippen molar-refractivity contribution < 1.29 is 18.7 Å². The summed E-state index contributed by atoms with van der Waals surface area (Å²) in [7, 11) is 3.49. The van der Waals surface area contributed by atoms with Crippen molar-refractivity contribution in [3.8, 4) is 0 Å². The molecule has 0 aromatic carbocycles. The van der Waals surface area contributed by atoms with Gasteiger partial charge in [0.2, 0.25) is 0 Å². The zero-order chi connectivity index (χ0) is 9.64. The molecule has 13 heavy (non-hydrogen) atoms. The third-order valence-electron chi connectivity index (χ3n) is 2.39. The Kier molecular flexibility index (Phi) is 2.28. The van der Waals surface area contributed by atoms with Crippen molar-refractivity contribution in [2.24, 2.45) is 0 Å². The number of aliphatic hydroxyl groups excluding tert-OH is 1. The highest BCUT2D eigenvalue weighted by Gasteiger charge is 2.49. The molecule has 2 saturated heterocycles. The fraction of sp³-hybridized carbons (Fsp3) is 1.00. The van der Waals surface area contributed by atoms with E-state index in [0.717, 1.165) is 0 Å². The third kappa shape index (κ3) is 1.69. The number of aliphatic hydroxyl groups is 1. The minimum absolute atomic E-state index is 0.203. The van der Waals surface area contributed by atoms with Crippen LogP contribution in [0.5, 0.6) is 0 Å². The van der Waals surface area contributed by atoms with Crippen LogP contribution in [0.1, 0.15) is 0 Å². The van der Waals surface area contributed by atoms with Crippen LogP contribution < -0.4 is 0 Å². The molecule has 2 aliphatic heterocycles. The molecule has 0 aromatic heterocycles. The Balaban J connectivity index is 2.09. The molecule has 0 aliphatic carbocycles. The van der Waals surface area contributed by atoms with Gasteiger partial charge in [0.05, 0.1) is 12.7 Å². The SMILES string of the molecule is [B]C1OC2CO[Si](C)(C)OC2C1O. The predicted molar refractivity (Wildman–Crippen MR) is 48.7 cm³/mol. The van der Waals surface area contributed by atoms with E-state index in [-0.39, 0.29) is 12.2 Å². The van der Waals surface area contributed by atoms with E-state index >= 15 is 0 Å². The van der Waals surface area contributed by atoms with Crippen LogP contribution in [-0.4, -0.2) is 52.4 Å². The molecule has 0 saturated carbocycles. The summed E-state index contributed by atoms with van der Waals surface area (Å²) in [5.74, 6) is 0. The van der Waals surface area contributed by atoms with Gasteiger partial charge in [0, 0.05) is 6.00 Å². The summed E-state index contributed by atoms with van der Waals surface area (Å²) in [6.45, 7) is 4.37. The van der Waals surface area contributed by atoms with Gasteiger partial charge in [-0.1, -0.05) is 0 Å². The van der Waals surface area contributed by atoms with Crippen molar-refractivity contribution in [3.05, 3.63) is 0 Å². The molecule has 0 aromatic rings. The van der Waals surface area contributed by atoms with Gasteiger partial charge < -0.3 is 18.7 Å². The van der Waals surface area contributed by atoms with Gasteiger partial charge in [0.15, 0.2) is 0 Å². The minimum atomic E-state index is -2.04. The Bertz CT molecular complexity index is 213. The van der Waals surface area contributed by atoms with E-state index in [1.54, 1.807) is 0 Å². The van der Waals surface area contributed by atoms with Crippen molar-refractivity contribution in [1.29, 1.82) is 0 Å². The maximum atomic E-state index is 9.62. The van der Waals surface area contributed by atoms with Crippen LogP contribution in [0.2, 0.25) is 13.1 Å². The summed E-state index contributed by atoms with van der Waals surface area (Å²) < 4.78 is 16.4. The van der Waals surface area contributed by atoms with Crippen molar-refractivity contribution in [3.63, 3.8) is 0 Å². The molecule has 4 atom stereocenters. The van der Waals surface area contributed by atoms with Crippen LogP contribution in [0.3, 0.4) is 0 Å². The lowest BCUT2D eigenvalue weighted by molar-refractivity contribution is -0.0512. The summed E-state index contributed by atoms with van der Waals surface area (Å²) >= 11 is 0. The molecule has 6 heteroatoms. The predicted octanol–water partition coefficient (Wildman–Crippen LogP) is -0.642. The Morgan fingerprint density at radius 2 is 2.15 bits per heavy atom. The van der Waals surface area contributed by atoms with E-state index in [1.165, 1.54) is 0 Å². The van der Waals surface area contributed by atoms with Crippen molar-refractivity contribution in [1.82, 2.24) is 0 Å². The van der Waals surface area contributed by atoms with E-state index in [1.807, 2.05) is 13.1 Å². The lowest BCUT2D eigenvalue weighted by Gasteiger charge is -2.36. The first kappa shape index (κ1) is 9.67. The first-order valence-electron chi connectivity index (χ1n) is 4.40. The molecule has 0 amide bonds. The Hall–Kier alpha value is 0.122. The molecule has 4 unspecified atom stereocenters. The number of ether oxygens (including phenoxy) is 1. The Morgan fingerprint density at radius 1 is 1.46 bits per heavy atom. The second-order valence-electron chi connectivity index (χ2n) is 3.92. The molecule has 1 N–H and O–H groups in total. The molecule has 2 heterocycles. The number of hydrogen-bond donors (Lipinski definition) is 1. The summed E-state index contributed by atoms with van der Waals surface area (Å²) in [6, 6.07) is -0.638. The summed E-state index contributed by atoms with van der Waals surface area (Å²) in [6.07, 6.45) is -1.23. The minimum Gasteiger partial charge on any atom is -0.392 e. The third-order valence-corrected chi connectivity index (χ3v) is 4.09. The van der Waals surface area contributed by atoms with Crippen molar-refractivity contribution in [2.75, 3.05) is 6.61 Å². The lowest BCUT2D eigenvalue weighted by atomic mass is 9.93. The maximum Gasteiger partial charge on any atom is 0.332 e. The molecular weight excluding hydrogens is 187 g/mol. The highest BCUT2D eigenvalue weighted by atomic mass is 28.4. The van der Waals surface area contributed by atoms with Crippen molar-refractivity contribution in [2.45, 2.75) is 37.4 Å². The Morgan fingerprint density at radius 3 is 2.85 bits per heavy atom. The quantitative estimate of drug-likeness (QED) is 0.528. The van der Waals surface area contributed by atoms with Crippen LogP contribution in [-0.2, 0) is 13.6 Å².